The van der Waals surface area contributed by atoms with Crippen LogP contribution in [0.5, 0.6) is 0 Å². The van der Waals surface area contributed by atoms with Gasteiger partial charge in [-0.1, -0.05) is 41.4 Å². The molecule has 0 aliphatic heterocycles. The Morgan fingerprint density at radius 2 is 1.79 bits per heavy atom. The maximum Gasteiger partial charge on any atom is 0.142 e. The van der Waals surface area contributed by atoms with Gasteiger partial charge >= 0.3 is 0 Å². The van der Waals surface area contributed by atoms with Gasteiger partial charge in [-0.2, -0.15) is 0 Å². The molecule has 5 heteroatoms. The van der Waals surface area contributed by atoms with Gasteiger partial charge in [0.15, 0.2) is 0 Å². The van der Waals surface area contributed by atoms with Crippen molar-refractivity contribution < 1.29 is 4.39 Å². The number of nitrogens with two attached hydrogens (primary N) is 1. The molecule has 0 aliphatic rings. The number of halogens is 3. The SMILES string of the molecule is NNC(Cc1ccc(Cl)c(F)c1)c1ccc(Cl)cc1. The topological polar surface area (TPSA) is 38.0 Å². The number of hydrazine groups is 1. The molecule has 0 amide bonds. The number of benzene rings is 2. The number of hydrogen-bond donors (Lipinski definition) is 2. The summed E-state index contributed by atoms with van der Waals surface area (Å²) >= 11 is 11.5. The highest BCUT2D eigenvalue weighted by molar-refractivity contribution is 6.30. The first-order valence-corrected chi connectivity index (χ1v) is 6.51. The summed E-state index contributed by atoms with van der Waals surface area (Å²) in [6, 6.07) is 12.0. The largest absolute Gasteiger partial charge is 0.271 e. The summed E-state index contributed by atoms with van der Waals surface area (Å²) in [6.45, 7) is 0. The zero-order chi connectivity index (χ0) is 13.8. The summed E-state index contributed by atoms with van der Waals surface area (Å²) in [5.74, 6) is 5.13. The van der Waals surface area contributed by atoms with Gasteiger partial charge in [-0.15, -0.1) is 0 Å². The van der Waals surface area contributed by atoms with E-state index in [1.165, 1.54) is 6.07 Å². The molecule has 2 rings (SSSR count). The molecule has 0 fully saturated rings. The summed E-state index contributed by atoms with van der Waals surface area (Å²) < 4.78 is 13.4. The molecule has 2 aromatic carbocycles. The third-order valence-corrected chi connectivity index (χ3v) is 3.46. The molecule has 0 saturated carbocycles. The summed E-state index contributed by atoms with van der Waals surface area (Å²) in [6.07, 6.45) is 0.562. The Labute approximate surface area is 121 Å². The molecule has 3 N–H and O–H groups in total. The summed E-state index contributed by atoms with van der Waals surface area (Å²) in [5.41, 5.74) is 4.53. The van der Waals surface area contributed by atoms with E-state index in [1.807, 2.05) is 12.1 Å². The van der Waals surface area contributed by atoms with Crippen LogP contribution in [-0.2, 0) is 6.42 Å². The maximum absolute atomic E-state index is 13.4. The molecular weight excluding hydrogens is 286 g/mol. The fraction of sp³-hybridized carbons (Fsp3) is 0.143. The van der Waals surface area contributed by atoms with E-state index in [2.05, 4.69) is 5.43 Å². The first-order valence-electron chi connectivity index (χ1n) is 5.75. The molecule has 19 heavy (non-hydrogen) atoms. The highest BCUT2D eigenvalue weighted by Gasteiger charge is 2.11. The van der Waals surface area contributed by atoms with E-state index < -0.39 is 5.82 Å². The quantitative estimate of drug-likeness (QED) is 0.664. The summed E-state index contributed by atoms with van der Waals surface area (Å²) in [4.78, 5) is 0. The second-order valence-corrected chi connectivity index (χ2v) is 5.07. The van der Waals surface area contributed by atoms with E-state index in [1.54, 1.807) is 24.3 Å². The van der Waals surface area contributed by atoms with Crippen LogP contribution in [0, 0.1) is 5.82 Å². The van der Waals surface area contributed by atoms with E-state index >= 15 is 0 Å². The molecule has 0 bridgehead atoms. The molecule has 0 radical (unpaired) electrons. The predicted molar refractivity (Wildman–Crippen MR) is 76.6 cm³/mol. The third kappa shape index (κ3) is 3.67. The number of nitrogens with one attached hydrogen (secondary N) is 1. The normalized spacial score (nSPS) is 12.4. The van der Waals surface area contributed by atoms with Crippen LogP contribution < -0.4 is 11.3 Å². The zero-order valence-corrected chi connectivity index (χ0v) is 11.5. The van der Waals surface area contributed by atoms with Gasteiger partial charge in [0.1, 0.15) is 5.82 Å². The van der Waals surface area contributed by atoms with Crippen LogP contribution in [0.2, 0.25) is 10.0 Å². The maximum atomic E-state index is 13.4. The minimum absolute atomic E-state index is 0.113. The second kappa shape index (κ2) is 6.35. The number of hydrogen-bond acceptors (Lipinski definition) is 2. The van der Waals surface area contributed by atoms with Gasteiger partial charge in [-0.05, 0) is 41.8 Å². The fourth-order valence-corrected chi connectivity index (χ4v) is 2.11. The Hall–Kier alpha value is -1.13. The van der Waals surface area contributed by atoms with Crippen molar-refractivity contribution in [3.8, 4) is 0 Å². The molecule has 2 nitrogen and oxygen atoms in total. The van der Waals surface area contributed by atoms with E-state index in [9.17, 15) is 4.39 Å². The molecule has 0 spiro atoms. The Kier molecular flexibility index (Phi) is 4.77. The highest BCUT2D eigenvalue weighted by atomic mass is 35.5. The average Bonchev–Trinajstić information content (AvgIpc) is 2.41. The lowest BCUT2D eigenvalue weighted by Gasteiger charge is -2.16. The molecular formula is C14H13Cl2FN2. The molecule has 0 aliphatic carbocycles. The molecule has 100 valence electrons. The first kappa shape index (κ1) is 14.3. The Morgan fingerprint density at radius 3 is 2.37 bits per heavy atom. The van der Waals surface area contributed by atoms with E-state index in [0.717, 1.165) is 11.1 Å². The van der Waals surface area contributed by atoms with Crippen LogP contribution in [0.4, 0.5) is 4.39 Å². The Balaban J connectivity index is 2.18. The van der Waals surface area contributed by atoms with Gasteiger partial charge in [0.25, 0.3) is 0 Å². The first-order chi connectivity index (χ1) is 9.10. The minimum Gasteiger partial charge on any atom is -0.271 e. The lowest BCUT2D eigenvalue weighted by Crippen LogP contribution is -2.29. The van der Waals surface area contributed by atoms with Gasteiger partial charge in [-0.25, -0.2) is 4.39 Å². The van der Waals surface area contributed by atoms with Crippen LogP contribution in [0.25, 0.3) is 0 Å². The molecule has 0 aromatic heterocycles. The average molecular weight is 299 g/mol. The molecule has 1 atom stereocenters. The van der Waals surface area contributed by atoms with Crippen LogP contribution >= 0.6 is 23.2 Å². The van der Waals surface area contributed by atoms with Gasteiger partial charge < -0.3 is 0 Å². The van der Waals surface area contributed by atoms with Crippen LogP contribution in [0.1, 0.15) is 17.2 Å². The van der Waals surface area contributed by atoms with Crippen molar-refractivity contribution in [2.45, 2.75) is 12.5 Å². The highest BCUT2D eigenvalue weighted by Crippen LogP contribution is 2.22. The molecule has 0 saturated heterocycles. The van der Waals surface area contributed by atoms with Crippen LogP contribution in [0.3, 0.4) is 0 Å². The van der Waals surface area contributed by atoms with Gasteiger partial charge in [0.05, 0.1) is 5.02 Å². The lowest BCUT2D eigenvalue weighted by atomic mass is 9.99. The summed E-state index contributed by atoms with van der Waals surface area (Å²) in [7, 11) is 0. The molecule has 0 heterocycles. The Bertz CT molecular complexity index is 558. The van der Waals surface area contributed by atoms with E-state index in [4.69, 9.17) is 29.0 Å². The smallest absolute Gasteiger partial charge is 0.142 e. The van der Waals surface area contributed by atoms with Gasteiger partial charge in [-0.3, -0.25) is 11.3 Å². The summed E-state index contributed by atoms with van der Waals surface area (Å²) in [5, 5.41) is 0.782. The van der Waals surface area contributed by atoms with Crippen molar-refractivity contribution in [2.75, 3.05) is 0 Å². The second-order valence-electron chi connectivity index (χ2n) is 4.22. The lowest BCUT2D eigenvalue weighted by molar-refractivity contribution is 0.548. The van der Waals surface area contributed by atoms with Crippen molar-refractivity contribution in [3.63, 3.8) is 0 Å². The standard InChI is InChI=1S/C14H13Cl2FN2/c15-11-4-2-10(3-5-11)14(19-18)8-9-1-6-12(16)13(17)7-9/h1-7,14,19H,8,18H2. The van der Waals surface area contributed by atoms with Crippen molar-refractivity contribution in [1.82, 2.24) is 5.43 Å². The predicted octanol–water partition coefficient (Wildman–Crippen LogP) is 3.88. The van der Waals surface area contributed by atoms with Crippen molar-refractivity contribution in [3.05, 3.63) is 69.5 Å². The zero-order valence-electron chi connectivity index (χ0n) is 10.0. The van der Waals surface area contributed by atoms with E-state index in [-0.39, 0.29) is 11.1 Å². The third-order valence-electron chi connectivity index (χ3n) is 2.90. The van der Waals surface area contributed by atoms with Crippen LogP contribution in [0.15, 0.2) is 42.5 Å². The van der Waals surface area contributed by atoms with Crippen LogP contribution in [-0.4, -0.2) is 0 Å². The van der Waals surface area contributed by atoms with Crippen molar-refractivity contribution in [1.29, 1.82) is 0 Å². The molecule has 1 unspecified atom stereocenters. The number of rotatable bonds is 4. The van der Waals surface area contributed by atoms with Crippen molar-refractivity contribution >= 4 is 23.2 Å². The Morgan fingerprint density at radius 1 is 1.11 bits per heavy atom. The fourth-order valence-electron chi connectivity index (χ4n) is 1.87. The van der Waals surface area contributed by atoms with Crippen molar-refractivity contribution in [2.24, 2.45) is 5.84 Å². The van der Waals surface area contributed by atoms with E-state index in [0.29, 0.717) is 11.4 Å². The minimum atomic E-state index is -0.425. The van der Waals surface area contributed by atoms with Gasteiger partial charge in [0.2, 0.25) is 0 Å². The molecule has 2 aromatic rings. The monoisotopic (exact) mass is 298 g/mol. The van der Waals surface area contributed by atoms with Gasteiger partial charge in [0, 0.05) is 11.1 Å².